The molecule has 1 unspecified atom stereocenters. The summed E-state index contributed by atoms with van der Waals surface area (Å²) in [6.45, 7) is 0. The van der Waals surface area contributed by atoms with Crippen molar-refractivity contribution in [2.24, 2.45) is 4.99 Å². The lowest BCUT2D eigenvalue weighted by atomic mass is 10.2. The number of aromatic carboxylic acids is 1. The van der Waals surface area contributed by atoms with Gasteiger partial charge in [-0.15, -0.1) is 0 Å². The van der Waals surface area contributed by atoms with Gasteiger partial charge >= 0.3 is 11.9 Å². The highest BCUT2D eigenvalue weighted by molar-refractivity contribution is 8.15. The minimum atomic E-state index is -1.09. The number of methoxy groups -OCH3 is 1. The second-order valence-corrected chi connectivity index (χ2v) is 7.64. The van der Waals surface area contributed by atoms with Gasteiger partial charge in [0, 0.05) is 19.2 Å². The van der Waals surface area contributed by atoms with Crippen LogP contribution < -0.4 is 10.2 Å². The summed E-state index contributed by atoms with van der Waals surface area (Å²) >= 11 is 1.12. The molecular weight excluding hydrogens is 422 g/mol. The number of imide groups is 1. The van der Waals surface area contributed by atoms with E-state index in [9.17, 15) is 19.2 Å². The van der Waals surface area contributed by atoms with Gasteiger partial charge in [0.05, 0.1) is 23.9 Å². The highest BCUT2D eigenvalue weighted by Gasteiger charge is 2.40. The van der Waals surface area contributed by atoms with E-state index in [0.717, 1.165) is 16.7 Å². The van der Waals surface area contributed by atoms with E-state index in [2.05, 4.69) is 15.0 Å². The van der Waals surface area contributed by atoms with Crippen LogP contribution in [0.3, 0.4) is 0 Å². The van der Waals surface area contributed by atoms with Crippen LogP contribution in [0.25, 0.3) is 0 Å². The predicted octanol–water partition coefficient (Wildman–Crippen LogP) is 2.63. The van der Waals surface area contributed by atoms with Crippen molar-refractivity contribution >= 4 is 52.1 Å². The number of carboxylic acid groups (broad SMARTS) is 1. The van der Waals surface area contributed by atoms with Crippen LogP contribution in [0.4, 0.5) is 11.4 Å². The molecule has 9 nitrogen and oxygen atoms in total. The zero-order valence-electron chi connectivity index (χ0n) is 16.7. The van der Waals surface area contributed by atoms with Crippen LogP contribution in [0.15, 0.2) is 53.5 Å². The van der Waals surface area contributed by atoms with E-state index < -0.39 is 23.1 Å². The van der Waals surface area contributed by atoms with Crippen LogP contribution in [0.1, 0.15) is 27.1 Å². The van der Waals surface area contributed by atoms with Crippen LogP contribution >= 0.6 is 11.8 Å². The van der Waals surface area contributed by atoms with Crippen molar-refractivity contribution in [3.63, 3.8) is 0 Å². The summed E-state index contributed by atoms with van der Waals surface area (Å²) in [6.07, 6.45) is -0.00778. The number of nitrogens with one attached hydrogen (secondary N) is 1. The first-order chi connectivity index (χ1) is 14.8. The highest BCUT2D eigenvalue weighted by atomic mass is 32.2. The maximum Gasteiger partial charge on any atom is 0.337 e. The molecule has 0 radical (unpaired) electrons. The van der Waals surface area contributed by atoms with E-state index in [0.29, 0.717) is 22.1 Å². The molecule has 10 heteroatoms. The first kappa shape index (κ1) is 22.0. The summed E-state index contributed by atoms with van der Waals surface area (Å²) in [5.41, 5.74) is 1.44. The summed E-state index contributed by atoms with van der Waals surface area (Å²) in [5.74, 6) is -2.31. The van der Waals surface area contributed by atoms with Crippen molar-refractivity contribution in [3.05, 3.63) is 59.7 Å². The minimum Gasteiger partial charge on any atom is -0.478 e. The van der Waals surface area contributed by atoms with E-state index in [1.54, 1.807) is 31.3 Å². The number of amides is 2. The molecular formula is C21H19N3O6S. The molecule has 160 valence electrons. The Hall–Kier alpha value is -3.66. The number of esters is 1. The molecule has 2 aromatic rings. The Morgan fingerprint density at radius 3 is 2.26 bits per heavy atom. The topological polar surface area (TPSA) is 125 Å². The highest BCUT2D eigenvalue weighted by Crippen LogP contribution is 2.31. The molecule has 1 atom stereocenters. The normalized spacial score (nSPS) is 16.4. The van der Waals surface area contributed by atoms with E-state index in [1.807, 2.05) is 0 Å². The summed E-state index contributed by atoms with van der Waals surface area (Å²) in [6, 6.07) is 12.1. The number of carboxylic acids is 1. The third-order valence-corrected chi connectivity index (χ3v) is 5.65. The third kappa shape index (κ3) is 4.92. The molecule has 0 saturated carbocycles. The Kier molecular flexibility index (Phi) is 6.71. The molecule has 1 aliphatic heterocycles. The van der Waals surface area contributed by atoms with Gasteiger partial charge in [-0.25, -0.2) is 14.5 Å². The Balaban J connectivity index is 1.68. The quantitative estimate of drug-likeness (QED) is 0.314. The van der Waals surface area contributed by atoms with Crippen LogP contribution in [-0.4, -0.2) is 53.4 Å². The molecule has 3 rings (SSSR count). The number of carbonyl (C=O) groups excluding carboxylic acids is 3. The summed E-state index contributed by atoms with van der Waals surface area (Å²) in [5, 5.41) is 11.8. The number of rotatable bonds is 5. The van der Waals surface area contributed by atoms with Gasteiger partial charge in [0.25, 0.3) is 0 Å². The number of ether oxygens (including phenoxy) is 1. The first-order valence-electron chi connectivity index (χ1n) is 9.13. The summed E-state index contributed by atoms with van der Waals surface area (Å²) in [7, 11) is 2.86. The lowest BCUT2D eigenvalue weighted by Gasteiger charge is -2.16. The van der Waals surface area contributed by atoms with Gasteiger partial charge in [0.1, 0.15) is 5.25 Å². The predicted molar refractivity (Wildman–Crippen MR) is 117 cm³/mol. The fraction of sp³-hybridized carbons (Fsp3) is 0.190. The molecule has 1 fully saturated rings. The van der Waals surface area contributed by atoms with E-state index in [4.69, 9.17) is 5.11 Å². The van der Waals surface area contributed by atoms with E-state index >= 15 is 0 Å². The fourth-order valence-corrected chi connectivity index (χ4v) is 3.91. The van der Waals surface area contributed by atoms with Gasteiger partial charge in [0.15, 0.2) is 5.17 Å². The van der Waals surface area contributed by atoms with Crippen molar-refractivity contribution in [2.75, 3.05) is 24.4 Å². The van der Waals surface area contributed by atoms with Crippen LogP contribution in [-0.2, 0) is 14.3 Å². The second-order valence-electron chi connectivity index (χ2n) is 6.45. The van der Waals surface area contributed by atoms with Crippen molar-refractivity contribution in [1.29, 1.82) is 0 Å². The van der Waals surface area contributed by atoms with Crippen molar-refractivity contribution in [1.82, 2.24) is 0 Å². The molecule has 2 N–H and O–H groups in total. The Labute approximate surface area is 182 Å². The second kappa shape index (κ2) is 9.43. The number of thioether (sulfide) groups is 1. The molecule has 0 spiro atoms. The average molecular weight is 441 g/mol. The van der Waals surface area contributed by atoms with Gasteiger partial charge in [0.2, 0.25) is 11.8 Å². The number of hydrogen-bond donors (Lipinski definition) is 2. The van der Waals surface area contributed by atoms with Gasteiger partial charge in [-0.3, -0.25) is 14.6 Å². The van der Waals surface area contributed by atoms with E-state index in [1.165, 1.54) is 31.4 Å². The molecule has 0 aromatic heterocycles. The standard InChI is InChI=1S/C21H19N3O6S/c1-22-21(23-14-7-3-13(4-8-14)20(29)30-2)31-16-11-17(25)24(18(16)26)15-9-5-12(6-10-15)19(27)28/h3-10,16H,11H2,1-2H3,(H,22,23)(H,27,28). The summed E-state index contributed by atoms with van der Waals surface area (Å²) in [4.78, 5) is 53.0. The smallest absolute Gasteiger partial charge is 0.337 e. The molecule has 2 amide bonds. The SMILES string of the molecule is CN=C(Nc1ccc(C(=O)OC)cc1)SC1CC(=O)N(c2ccc(C(=O)O)cc2)C1=O. The Morgan fingerprint density at radius 2 is 1.71 bits per heavy atom. The number of anilines is 2. The lowest BCUT2D eigenvalue weighted by molar-refractivity contribution is -0.121. The maximum atomic E-state index is 12.8. The van der Waals surface area contributed by atoms with Gasteiger partial charge in [-0.05, 0) is 48.5 Å². The molecule has 2 aromatic carbocycles. The maximum absolute atomic E-state index is 12.8. The molecule has 31 heavy (non-hydrogen) atoms. The molecule has 1 saturated heterocycles. The monoisotopic (exact) mass is 441 g/mol. The van der Waals surface area contributed by atoms with Crippen LogP contribution in [0.2, 0.25) is 0 Å². The number of amidine groups is 1. The lowest BCUT2D eigenvalue weighted by Crippen LogP contribution is -2.31. The van der Waals surface area contributed by atoms with Crippen LogP contribution in [0, 0.1) is 0 Å². The summed E-state index contributed by atoms with van der Waals surface area (Å²) < 4.78 is 4.66. The van der Waals surface area contributed by atoms with Crippen molar-refractivity contribution < 1.29 is 29.0 Å². The number of hydrogen-bond acceptors (Lipinski definition) is 7. The van der Waals surface area contributed by atoms with Gasteiger partial charge in [-0.2, -0.15) is 0 Å². The zero-order valence-corrected chi connectivity index (χ0v) is 17.5. The minimum absolute atomic E-state index is 0.00778. The Morgan fingerprint density at radius 1 is 1.10 bits per heavy atom. The van der Waals surface area contributed by atoms with Gasteiger partial charge < -0.3 is 15.2 Å². The number of benzene rings is 2. The van der Waals surface area contributed by atoms with E-state index in [-0.39, 0.29) is 17.9 Å². The Bertz CT molecular complexity index is 1050. The van der Waals surface area contributed by atoms with Crippen molar-refractivity contribution in [2.45, 2.75) is 11.7 Å². The molecule has 1 heterocycles. The third-order valence-electron chi connectivity index (χ3n) is 4.49. The van der Waals surface area contributed by atoms with Crippen molar-refractivity contribution in [3.8, 4) is 0 Å². The number of carbonyl (C=O) groups is 4. The van der Waals surface area contributed by atoms with Crippen LogP contribution in [0.5, 0.6) is 0 Å². The molecule has 0 bridgehead atoms. The largest absolute Gasteiger partial charge is 0.478 e. The number of nitrogens with zero attached hydrogens (tertiary/aromatic N) is 2. The first-order valence-corrected chi connectivity index (χ1v) is 10.0. The zero-order chi connectivity index (χ0) is 22.5. The fourth-order valence-electron chi connectivity index (χ4n) is 2.92. The average Bonchev–Trinajstić information content (AvgIpc) is 3.05. The van der Waals surface area contributed by atoms with Gasteiger partial charge in [-0.1, -0.05) is 11.8 Å². The molecule has 0 aliphatic carbocycles. The number of aliphatic imine (C=N–C) groups is 1. The molecule has 1 aliphatic rings.